The Hall–Kier alpha value is -3.19. The second-order valence-corrected chi connectivity index (χ2v) is 8.73. The molecule has 0 aliphatic carbocycles. The smallest absolute Gasteiger partial charge is 0.325 e. The molecule has 2 N–H and O–H groups in total. The van der Waals surface area contributed by atoms with Gasteiger partial charge in [0.05, 0.1) is 6.04 Å². The lowest BCUT2D eigenvalue weighted by molar-refractivity contribution is -0.135. The van der Waals surface area contributed by atoms with E-state index >= 15 is 0 Å². The van der Waals surface area contributed by atoms with E-state index in [4.69, 9.17) is 0 Å². The zero-order chi connectivity index (χ0) is 22.2. The van der Waals surface area contributed by atoms with Crippen LogP contribution in [0.15, 0.2) is 71.2 Å². The van der Waals surface area contributed by atoms with Crippen molar-refractivity contribution >= 4 is 44.5 Å². The average Bonchev–Trinajstić information content (AvgIpc) is 2.97. The molecule has 0 radical (unpaired) electrons. The van der Waals surface area contributed by atoms with Crippen LogP contribution in [0.5, 0.6) is 0 Å². The van der Waals surface area contributed by atoms with Gasteiger partial charge in [-0.15, -0.1) is 0 Å². The van der Waals surface area contributed by atoms with Gasteiger partial charge >= 0.3 is 6.03 Å². The summed E-state index contributed by atoms with van der Waals surface area (Å²) >= 11 is 3.36. The van der Waals surface area contributed by atoms with E-state index in [1.54, 1.807) is 31.2 Å². The van der Waals surface area contributed by atoms with Crippen molar-refractivity contribution in [3.8, 4) is 0 Å². The Labute approximate surface area is 188 Å². The molecule has 1 aliphatic rings. The molecular formula is C24H22BrN3O3. The van der Waals surface area contributed by atoms with E-state index in [2.05, 4.69) is 26.6 Å². The Morgan fingerprint density at radius 3 is 2.48 bits per heavy atom. The lowest BCUT2D eigenvalue weighted by Crippen LogP contribution is -2.43. The molecule has 4 rings (SSSR count). The maximum Gasteiger partial charge on any atom is 0.325 e. The van der Waals surface area contributed by atoms with Crippen molar-refractivity contribution < 1.29 is 14.4 Å². The molecule has 158 valence electrons. The van der Waals surface area contributed by atoms with Crippen LogP contribution in [-0.4, -0.2) is 29.3 Å². The standard InChI is InChI=1S/C24H22BrN3O3/c1-15(19-9-5-7-16-6-3-4-8-20(16)19)26-21(29)14-28-22(30)24(2,27-23(28)31)17-10-12-18(25)13-11-17/h3-13,15H,14H2,1-2H3,(H,26,29)(H,27,31)/t15-,24-/m0/s1. The Bertz CT molecular complexity index is 1170. The van der Waals surface area contributed by atoms with Crippen LogP contribution in [-0.2, 0) is 15.1 Å². The van der Waals surface area contributed by atoms with Gasteiger partial charge in [-0.3, -0.25) is 14.5 Å². The van der Waals surface area contributed by atoms with E-state index < -0.39 is 23.4 Å². The summed E-state index contributed by atoms with van der Waals surface area (Å²) in [6, 6.07) is 20.2. The first-order valence-corrected chi connectivity index (χ1v) is 10.8. The minimum absolute atomic E-state index is 0.280. The van der Waals surface area contributed by atoms with Crippen molar-refractivity contribution in [3.05, 3.63) is 82.3 Å². The number of carbonyl (C=O) groups is 3. The molecule has 4 amide bonds. The molecule has 0 spiro atoms. The number of halogens is 1. The Balaban J connectivity index is 1.49. The van der Waals surface area contributed by atoms with Crippen LogP contribution in [0.25, 0.3) is 10.8 Å². The van der Waals surface area contributed by atoms with Gasteiger partial charge in [0, 0.05) is 4.47 Å². The summed E-state index contributed by atoms with van der Waals surface area (Å²) in [5, 5.41) is 7.77. The van der Waals surface area contributed by atoms with E-state index in [1.807, 2.05) is 49.4 Å². The number of fused-ring (bicyclic) bond motifs is 1. The van der Waals surface area contributed by atoms with Crippen molar-refractivity contribution in [2.45, 2.75) is 25.4 Å². The number of nitrogens with zero attached hydrogens (tertiary/aromatic N) is 1. The number of imide groups is 1. The minimum Gasteiger partial charge on any atom is -0.348 e. The summed E-state index contributed by atoms with van der Waals surface area (Å²) in [5.41, 5.74) is 0.420. The van der Waals surface area contributed by atoms with Crippen LogP contribution in [0.1, 0.15) is 31.0 Å². The van der Waals surface area contributed by atoms with Crippen LogP contribution in [0, 0.1) is 0 Å². The van der Waals surface area contributed by atoms with Crippen molar-refractivity contribution in [3.63, 3.8) is 0 Å². The average molecular weight is 480 g/mol. The zero-order valence-corrected chi connectivity index (χ0v) is 18.8. The van der Waals surface area contributed by atoms with Gasteiger partial charge in [0.15, 0.2) is 0 Å². The van der Waals surface area contributed by atoms with Crippen LogP contribution in [0.2, 0.25) is 0 Å². The van der Waals surface area contributed by atoms with Crippen LogP contribution in [0.4, 0.5) is 4.79 Å². The third-order valence-electron chi connectivity index (χ3n) is 5.67. The zero-order valence-electron chi connectivity index (χ0n) is 17.2. The Morgan fingerprint density at radius 1 is 1.06 bits per heavy atom. The molecule has 0 saturated carbocycles. The molecule has 0 bridgehead atoms. The fraction of sp³-hybridized carbons (Fsp3) is 0.208. The highest BCUT2D eigenvalue weighted by Crippen LogP contribution is 2.30. The lowest BCUT2D eigenvalue weighted by Gasteiger charge is -2.22. The number of rotatable bonds is 5. The highest BCUT2D eigenvalue weighted by Gasteiger charge is 2.49. The maximum absolute atomic E-state index is 13.0. The van der Waals surface area contributed by atoms with E-state index in [0.29, 0.717) is 5.56 Å². The molecule has 3 aromatic rings. The van der Waals surface area contributed by atoms with Gasteiger partial charge in [0.1, 0.15) is 12.1 Å². The monoisotopic (exact) mass is 479 g/mol. The fourth-order valence-electron chi connectivity index (χ4n) is 3.96. The third-order valence-corrected chi connectivity index (χ3v) is 6.19. The predicted octanol–water partition coefficient (Wildman–Crippen LogP) is 4.25. The Kier molecular flexibility index (Phi) is 5.54. The summed E-state index contributed by atoms with van der Waals surface area (Å²) in [4.78, 5) is 39.2. The molecular weight excluding hydrogens is 458 g/mol. The van der Waals surface area contributed by atoms with Crippen LogP contribution >= 0.6 is 15.9 Å². The molecule has 1 aliphatic heterocycles. The molecule has 3 aromatic carbocycles. The third kappa shape index (κ3) is 3.93. The highest BCUT2D eigenvalue weighted by atomic mass is 79.9. The molecule has 1 saturated heterocycles. The molecule has 31 heavy (non-hydrogen) atoms. The Morgan fingerprint density at radius 2 is 1.74 bits per heavy atom. The SMILES string of the molecule is C[C@H](NC(=O)CN1C(=O)N[C@@](C)(c2ccc(Br)cc2)C1=O)c1cccc2ccccc12. The molecule has 1 fully saturated rings. The van der Waals surface area contributed by atoms with Crippen molar-refractivity contribution in [1.82, 2.24) is 15.5 Å². The highest BCUT2D eigenvalue weighted by molar-refractivity contribution is 9.10. The van der Waals surface area contributed by atoms with Gasteiger partial charge in [0.25, 0.3) is 5.91 Å². The van der Waals surface area contributed by atoms with Crippen molar-refractivity contribution in [2.24, 2.45) is 0 Å². The predicted molar refractivity (Wildman–Crippen MR) is 122 cm³/mol. The van der Waals surface area contributed by atoms with Crippen LogP contribution < -0.4 is 10.6 Å². The van der Waals surface area contributed by atoms with Gasteiger partial charge in [-0.05, 0) is 47.9 Å². The van der Waals surface area contributed by atoms with E-state index in [9.17, 15) is 14.4 Å². The number of nitrogens with one attached hydrogen (secondary N) is 2. The molecule has 1 heterocycles. The van der Waals surface area contributed by atoms with Crippen molar-refractivity contribution in [2.75, 3.05) is 6.54 Å². The summed E-state index contributed by atoms with van der Waals surface area (Å²) < 4.78 is 0.871. The van der Waals surface area contributed by atoms with Gasteiger partial charge in [-0.2, -0.15) is 0 Å². The first-order chi connectivity index (χ1) is 14.8. The number of amides is 4. The number of benzene rings is 3. The molecule has 7 heteroatoms. The lowest BCUT2D eigenvalue weighted by atomic mass is 9.92. The summed E-state index contributed by atoms with van der Waals surface area (Å²) in [7, 11) is 0. The second-order valence-electron chi connectivity index (χ2n) is 7.81. The fourth-order valence-corrected chi connectivity index (χ4v) is 4.22. The van der Waals surface area contributed by atoms with Crippen LogP contribution in [0.3, 0.4) is 0 Å². The van der Waals surface area contributed by atoms with Gasteiger partial charge in [0.2, 0.25) is 5.91 Å². The number of hydrogen-bond donors (Lipinski definition) is 2. The summed E-state index contributed by atoms with van der Waals surface area (Å²) in [5.74, 6) is -0.850. The van der Waals surface area contributed by atoms with Crippen molar-refractivity contribution in [1.29, 1.82) is 0 Å². The molecule has 0 unspecified atom stereocenters. The first-order valence-electron chi connectivity index (χ1n) is 9.97. The van der Waals surface area contributed by atoms with E-state index in [1.165, 1.54) is 0 Å². The van der Waals surface area contributed by atoms with Gasteiger partial charge in [-0.25, -0.2) is 4.79 Å². The normalized spacial score (nSPS) is 19.4. The second kappa shape index (κ2) is 8.15. The summed E-state index contributed by atoms with van der Waals surface area (Å²) in [6.45, 7) is 3.19. The number of hydrogen-bond acceptors (Lipinski definition) is 3. The quantitative estimate of drug-likeness (QED) is 0.537. The first kappa shape index (κ1) is 21.1. The molecule has 6 nitrogen and oxygen atoms in total. The summed E-state index contributed by atoms with van der Waals surface area (Å²) in [6.07, 6.45) is 0. The van der Waals surface area contributed by atoms with E-state index in [0.717, 1.165) is 25.7 Å². The molecule has 0 aromatic heterocycles. The topological polar surface area (TPSA) is 78.5 Å². The van der Waals surface area contributed by atoms with E-state index in [-0.39, 0.29) is 12.6 Å². The minimum atomic E-state index is -1.21. The number of urea groups is 1. The largest absolute Gasteiger partial charge is 0.348 e. The van der Waals surface area contributed by atoms with Gasteiger partial charge < -0.3 is 10.6 Å². The van der Waals surface area contributed by atoms with Gasteiger partial charge in [-0.1, -0.05) is 70.5 Å². The molecule has 2 atom stereocenters. The number of carbonyl (C=O) groups excluding carboxylic acids is 3. The maximum atomic E-state index is 13.0.